The van der Waals surface area contributed by atoms with Gasteiger partial charge in [0.15, 0.2) is 0 Å². The van der Waals surface area contributed by atoms with Crippen LogP contribution in [0.15, 0.2) is 0 Å². The molecule has 1 N–H and O–H groups in total. The van der Waals surface area contributed by atoms with Gasteiger partial charge in [0.25, 0.3) is 0 Å². The molecule has 16 heavy (non-hydrogen) atoms. The molecule has 0 aliphatic carbocycles. The van der Waals surface area contributed by atoms with Crippen molar-refractivity contribution in [1.82, 2.24) is 15.1 Å². The topological polar surface area (TPSA) is 69.7 Å². The minimum absolute atomic E-state index is 0.265. The van der Waals surface area contributed by atoms with Gasteiger partial charge in [-0.3, -0.25) is 19.4 Å². The summed E-state index contributed by atoms with van der Waals surface area (Å²) in [7, 11) is 1.34. The average molecular weight is 225 g/mol. The molecule has 0 radical (unpaired) electrons. The van der Waals surface area contributed by atoms with E-state index in [4.69, 9.17) is 0 Å². The van der Waals surface area contributed by atoms with Crippen LogP contribution >= 0.6 is 0 Å². The van der Waals surface area contributed by atoms with E-state index in [-0.39, 0.29) is 5.92 Å². The molecule has 4 amide bonds. The number of amides is 4. The fourth-order valence-electron chi connectivity index (χ4n) is 2.11. The van der Waals surface area contributed by atoms with Crippen molar-refractivity contribution in [1.29, 1.82) is 0 Å². The largest absolute Gasteiger partial charge is 0.333 e. The minimum Gasteiger partial charge on any atom is -0.316 e. The number of carbonyl (C=O) groups is 3. The molecule has 0 unspecified atom stereocenters. The molecular weight excluding hydrogens is 210 g/mol. The molecule has 0 aromatic rings. The van der Waals surface area contributed by atoms with Crippen LogP contribution < -0.4 is 5.32 Å². The van der Waals surface area contributed by atoms with Crippen LogP contribution in [0.1, 0.15) is 12.8 Å². The van der Waals surface area contributed by atoms with E-state index in [9.17, 15) is 14.4 Å². The summed E-state index contributed by atoms with van der Waals surface area (Å²) in [5, 5.41) is 3.21. The Bertz CT molecular complexity index is 336. The summed E-state index contributed by atoms with van der Waals surface area (Å²) in [4.78, 5) is 36.3. The molecule has 0 aromatic carbocycles. The molecule has 0 saturated carbocycles. The summed E-state index contributed by atoms with van der Waals surface area (Å²) >= 11 is 0. The first-order chi connectivity index (χ1) is 7.61. The van der Waals surface area contributed by atoms with Gasteiger partial charge in [0, 0.05) is 13.6 Å². The molecule has 6 heteroatoms. The summed E-state index contributed by atoms with van der Waals surface area (Å²) in [6.45, 7) is 2.13. The Balaban J connectivity index is 2.01. The molecule has 0 aromatic heterocycles. The van der Waals surface area contributed by atoms with E-state index >= 15 is 0 Å². The lowest BCUT2D eigenvalue weighted by Gasteiger charge is -2.25. The van der Waals surface area contributed by atoms with Crippen LogP contribution in [0.5, 0.6) is 0 Å². The maximum Gasteiger partial charge on any atom is 0.333 e. The van der Waals surface area contributed by atoms with Gasteiger partial charge in [-0.25, -0.2) is 4.79 Å². The molecule has 2 aliphatic rings. The SMILES string of the molecule is CN1C(=O)C(=O)N(C[C@H]2CCCNC2)C1=O. The number of hydrogen-bond donors (Lipinski definition) is 1. The Morgan fingerprint density at radius 1 is 1.31 bits per heavy atom. The second kappa shape index (κ2) is 4.21. The lowest BCUT2D eigenvalue weighted by atomic mass is 9.99. The summed E-state index contributed by atoms with van der Waals surface area (Å²) in [5.74, 6) is -1.16. The van der Waals surface area contributed by atoms with Gasteiger partial charge in [0.1, 0.15) is 0 Å². The van der Waals surface area contributed by atoms with Crippen molar-refractivity contribution in [2.75, 3.05) is 26.7 Å². The highest BCUT2D eigenvalue weighted by molar-refractivity contribution is 6.44. The van der Waals surface area contributed by atoms with Gasteiger partial charge in [0.2, 0.25) is 0 Å². The molecule has 2 aliphatic heterocycles. The molecular formula is C10H15N3O3. The molecule has 0 spiro atoms. The number of likely N-dealkylation sites (N-methyl/N-ethyl adjacent to an activating group) is 1. The van der Waals surface area contributed by atoms with E-state index in [1.54, 1.807) is 0 Å². The standard InChI is InChI=1S/C10H15N3O3/c1-12-8(14)9(15)13(10(12)16)6-7-3-2-4-11-5-7/h7,11H,2-6H2,1H3/t7-/m0/s1. The van der Waals surface area contributed by atoms with E-state index in [2.05, 4.69) is 5.32 Å². The minimum atomic E-state index is -0.728. The lowest BCUT2D eigenvalue weighted by molar-refractivity contribution is -0.143. The highest BCUT2D eigenvalue weighted by atomic mass is 16.2. The van der Waals surface area contributed by atoms with Crippen molar-refractivity contribution in [3.63, 3.8) is 0 Å². The number of rotatable bonds is 2. The first kappa shape index (κ1) is 11.1. The van der Waals surface area contributed by atoms with Gasteiger partial charge < -0.3 is 5.32 Å². The number of piperidine rings is 1. The molecule has 6 nitrogen and oxygen atoms in total. The maximum absolute atomic E-state index is 11.6. The first-order valence-corrected chi connectivity index (χ1v) is 5.45. The van der Waals surface area contributed by atoms with Crippen LogP contribution in [0.2, 0.25) is 0 Å². The normalized spacial score (nSPS) is 26.8. The monoisotopic (exact) mass is 225 g/mol. The summed E-state index contributed by atoms with van der Waals surface area (Å²) in [5.41, 5.74) is 0. The van der Waals surface area contributed by atoms with Crippen molar-refractivity contribution in [2.24, 2.45) is 5.92 Å². The predicted octanol–water partition coefficient (Wildman–Crippen LogP) is -0.593. The van der Waals surface area contributed by atoms with Crippen LogP contribution in [0.25, 0.3) is 0 Å². The van der Waals surface area contributed by atoms with Crippen molar-refractivity contribution < 1.29 is 14.4 Å². The van der Waals surface area contributed by atoms with Crippen LogP contribution in [0.3, 0.4) is 0 Å². The fraction of sp³-hybridized carbons (Fsp3) is 0.700. The highest BCUT2D eigenvalue weighted by Gasteiger charge is 2.42. The van der Waals surface area contributed by atoms with E-state index < -0.39 is 17.8 Å². The molecule has 0 bridgehead atoms. The van der Waals surface area contributed by atoms with Gasteiger partial charge >= 0.3 is 17.8 Å². The van der Waals surface area contributed by atoms with Gasteiger partial charge in [-0.15, -0.1) is 0 Å². The maximum atomic E-state index is 11.6. The van der Waals surface area contributed by atoms with Gasteiger partial charge in [-0.1, -0.05) is 0 Å². The Kier molecular flexibility index (Phi) is 2.91. The van der Waals surface area contributed by atoms with Gasteiger partial charge in [-0.2, -0.15) is 0 Å². The third-order valence-corrected chi connectivity index (χ3v) is 3.09. The predicted molar refractivity (Wildman–Crippen MR) is 55.5 cm³/mol. The Morgan fingerprint density at radius 2 is 2.06 bits per heavy atom. The molecule has 2 saturated heterocycles. The third kappa shape index (κ3) is 1.80. The number of nitrogens with one attached hydrogen (secondary N) is 1. The van der Waals surface area contributed by atoms with Gasteiger partial charge in [0.05, 0.1) is 0 Å². The average Bonchev–Trinajstić information content (AvgIpc) is 2.48. The number of carbonyl (C=O) groups excluding carboxylic acids is 3. The van der Waals surface area contributed by atoms with Crippen LogP contribution in [0, 0.1) is 5.92 Å². The molecule has 2 rings (SSSR count). The highest BCUT2D eigenvalue weighted by Crippen LogP contribution is 2.16. The Labute approximate surface area is 93.6 Å². The number of nitrogens with zero attached hydrogens (tertiary/aromatic N) is 2. The Hall–Kier alpha value is -1.43. The smallest absolute Gasteiger partial charge is 0.316 e. The third-order valence-electron chi connectivity index (χ3n) is 3.09. The van der Waals surface area contributed by atoms with E-state index in [1.807, 2.05) is 0 Å². The fourth-order valence-corrected chi connectivity index (χ4v) is 2.11. The van der Waals surface area contributed by atoms with Crippen molar-refractivity contribution in [3.8, 4) is 0 Å². The second-order valence-electron chi connectivity index (χ2n) is 4.27. The van der Waals surface area contributed by atoms with Gasteiger partial charge in [-0.05, 0) is 31.8 Å². The molecule has 2 heterocycles. The van der Waals surface area contributed by atoms with Crippen molar-refractivity contribution >= 4 is 17.8 Å². The second-order valence-corrected chi connectivity index (χ2v) is 4.27. The number of hydrogen-bond acceptors (Lipinski definition) is 4. The summed E-state index contributed by atoms with van der Waals surface area (Å²) in [6, 6.07) is -0.499. The first-order valence-electron chi connectivity index (χ1n) is 5.45. The quantitative estimate of drug-likeness (QED) is 0.503. The summed E-state index contributed by atoms with van der Waals surface area (Å²) < 4.78 is 0. The zero-order valence-corrected chi connectivity index (χ0v) is 9.23. The van der Waals surface area contributed by atoms with Crippen molar-refractivity contribution in [3.05, 3.63) is 0 Å². The van der Waals surface area contributed by atoms with Crippen LogP contribution in [0.4, 0.5) is 4.79 Å². The van der Waals surface area contributed by atoms with E-state index in [0.717, 1.165) is 35.7 Å². The molecule has 1 atom stereocenters. The van der Waals surface area contributed by atoms with Crippen LogP contribution in [-0.4, -0.2) is 54.3 Å². The van der Waals surface area contributed by atoms with Crippen LogP contribution in [-0.2, 0) is 9.59 Å². The van der Waals surface area contributed by atoms with Crippen molar-refractivity contribution in [2.45, 2.75) is 12.8 Å². The molecule has 2 fully saturated rings. The zero-order chi connectivity index (χ0) is 11.7. The Morgan fingerprint density at radius 3 is 2.56 bits per heavy atom. The zero-order valence-electron chi connectivity index (χ0n) is 9.23. The molecule has 88 valence electrons. The van der Waals surface area contributed by atoms with E-state index in [0.29, 0.717) is 6.54 Å². The van der Waals surface area contributed by atoms with E-state index in [1.165, 1.54) is 7.05 Å². The number of urea groups is 1. The number of imide groups is 2. The lowest BCUT2D eigenvalue weighted by Crippen LogP contribution is -2.41. The summed E-state index contributed by atoms with van der Waals surface area (Å²) in [6.07, 6.45) is 2.03.